The monoisotopic (exact) mass is 523 g/mol. The van der Waals surface area contributed by atoms with Crippen LogP contribution in [-0.2, 0) is 28.2 Å². The van der Waals surface area contributed by atoms with Crippen molar-refractivity contribution in [2.24, 2.45) is 5.73 Å². The van der Waals surface area contributed by atoms with Gasteiger partial charge in [0.1, 0.15) is 12.7 Å². The molecule has 0 aromatic carbocycles. The van der Waals surface area contributed by atoms with Gasteiger partial charge in [-0.15, -0.1) is 0 Å². The molecule has 208 valence electrons. The number of phosphoric acid groups is 1. The second kappa shape index (κ2) is 22.2. The zero-order valence-electron chi connectivity index (χ0n) is 22.0. The Morgan fingerprint density at radius 1 is 0.800 bits per heavy atom. The van der Waals surface area contributed by atoms with Crippen molar-refractivity contribution in [3.63, 3.8) is 0 Å². The van der Waals surface area contributed by atoms with Crippen LogP contribution in [0.2, 0.25) is 0 Å². The van der Waals surface area contributed by atoms with E-state index in [0.717, 1.165) is 19.3 Å². The summed E-state index contributed by atoms with van der Waals surface area (Å²) in [4.78, 5) is 40.7. The van der Waals surface area contributed by atoms with Gasteiger partial charge < -0.3 is 25.0 Å². The standard InChI is InChI=1S/C25H50NO8P/c1-3-4-5-6-7-8-9-10-11-12-13-14-15-16-17-18-25(28)32-21-24(34-22(2)27)19-23(26)20-33-35(29,30)31/h23-24H,3-21,26H2,1-2H3,(H2,29,30,31). The number of rotatable bonds is 24. The Kier molecular flexibility index (Phi) is 21.6. The van der Waals surface area contributed by atoms with Gasteiger partial charge in [0.25, 0.3) is 0 Å². The minimum atomic E-state index is -4.63. The number of hydrogen-bond donors (Lipinski definition) is 3. The molecule has 0 heterocycles. The Hall–Kier alpha value is -0.990. The normalized spacial score (nSPS) is 13.4. The van der Waals surface area contributed by atoms with E-state index in [0.29, 0.717) is 6.42 Å². The molecule has 0 saturated carbocycles. The van der Waals surface area contributed by atoms with Crippen LogP contribution in [0.1, 0.15) is 123 Å². The van der Waals surface area contributed by atoms with Gasteiger partial charge in [0.15, 0.2) is 0 Å². The fraction of sp³-hybridized carbons (Fsp3) is 0.920. The molecule has 4 N–H and O–H groups in total. The predicted octanol–water partition coefficient (Wildman–Crippen LogP) is 5.55. The number of phosphoric ester groups is 1. The van der Waals surface area contributed by atoms with Gasteiger partial charge in [-0.1, -0.05) is 96.8 Å². The molecule has 2 atom stereocenters. The average Bonchev–Trinajstić information content (AvgIpc) is 2.78. The second-order valence-electron chi connectivity index (χ2n) is 9.40. The molecule has 0 aliphatic carbocycles. The molecule has 0 spiro atoms. The molecule has 0 aliphatic heterocycles. The summed E-state index contributed by atoms with van der Waals surface area (Å²) in [6.45, 7) is 2.91. The summed E-state index contributed by atoms with van der Waals surface area (Å²) in [6, 6.07) is -0.791. The lowest BCUT2D eigenvalue weighted by Gasteiger charge is -2.21. The zero-order valence-corrected chi connectivity index (χ0v) is 22.9. The Labute approximate surface area is 212 Å². The Balaban J connectivity index is 3.74. The highest BCUT2D eigenvalue weighted by atomic mass is 31.2. The van der Waals surface area contributed by atoms with Crippen molar-refractivity contribution in [3.8, 4) is 0 Å². The topological polar surface area (TPSA) is 145 Å². The maximum absolute atomic E-state index is 12.0. The zero-order chi connectivity index (χ0) is 26.4. The second-order valence-corrected chi connectivity index (χ2v) is 10.6. The van der Waals surface area contributed by atoms with Crippen LogP contribution < -0.4 is 5.73 Å². The Morgan fingerprint density at radius 3 is 1.69 bits per heavy atom. The lowest BCUT2D eigenvalue weighted by atomic mass is 10.0. The third-order valence-corrected chi connectivity index (χ3v) is 6.26. The van der Waals surface area contributed by atoms with E-state index in [2.05, 4.69) is 11.4 Å². The highest BCUT2D eigenvalue weighted by Crippen LogP contribution is 2.35. The van der Waals surface area contributed by atoms with E-state index in [-0.39, 0.29) is 19.0 Å². The van der Waals surface area contributed by atoms with Gasteiger partial charge in [0, 0.05) is 25.8 Å². The fourth-order valence-corrected chi connectivity index (χ4v) is 4.27. The van der Waals surface area contributed by atoms with Gasteiger partial charge in [-0.05, 0) is 6.42 Å². The molecule has 0 saturated heterocycles. The van der Waals surface area contributed by atoms with Crippen molar-refractivity contribution in [3.05, 3.63) is 0 Å². The van der Waals surface area contributed by atoms with E-state index in [9.17, 15) is 14.2 Å². The first-order chi connectivity index (χ1) is 16.6. The van der Waals surface area contributed by atoms with Crippen molar-refractivity contribution < 1.29 is 37.9 Å². The lowest BCUT2D eigenvalue weighted by Crippen LogP contribution is -2.35. The van der Waals surface area contributed by atoms with Crippen LogP contribution in [0.4, 0.5) is 0 Å². The Bertz CT molecular complexity index is 584. The average molecular weight is 524 g/mol. The van der Waals surface area contributed by atoms with Crippen molar-refractivity contribution in [1.29, 1.82) is 0 Å². The van der Waals surface area contributed by atoms with Crippen LogP contribution >= 0.6 is 7.82 Å². The maximum Gasteiger partial charge on any atom is 0.469 e. The van der Waals surface area contributed by atoms with E-state index in [1.54, 1.807) is 0 Å². The third kappa shape index (κ3) is 25.9. The van der Waals surface area contributed by atoms with E-state index in [4.69, 9.17) is 25.0 Å². The molecule has 35 heavy (non-hydrogen) atoms. The van der Waals surface area contributed by atoms with Crippen LogP contribution in [0.15, 0.2) is 0 Å². The molecule has 0 aromatic heterocycles. The SMILES string of the molecule is CCCCCCCCCCCCCCCCCC(=O)OCC(CC(N)COP(=O)(O)O)OC(C)=O. The summed E-state index contributed by atoms with van der Waals surface area (Å²) in [5, 5.41) is 0. The fourth-order valence-electron chi connectivity index (χ4n) is 3.88. The largest absolute Gasteiger partial charge is 0.469 e. The van der Waals surface area contributed by atoms with E-state index in [1.807, 2.05) is 0 Å². The van der Waals surface area contributed by atoms with E-state index < -0.39 is 32.5 Å². The minimum Gasteiger partial charge on any atom is -0.462 e. The molecule has 0 radical (unpaired) electrons. The van der Waals surface area contributed by atoms with Crippen molar-refractivity contribution in [2.75, 3.05) is 13.2 Å². The number of nitrogens with two attached hydrogens (primary N) is 1. The van der Waals surface area contributed by atoms with Gasteiger partial charge in [0.05, 0.1) is 6.61 Å². The maximum atomic E-state index is 12.0. The Morgan fingerprint density at radius 2 is 1.26 bits per heavy atom. The number of hydrogen-bond acceptors (Lipinski definition) is 7. The third-order valence-electron chi connectivity index (χ3n) is 5.77. The van der Waals surface area contributed by atoms with Crippen LogP contribution in [-0.4, -0.2) is 47.1 Å². The summed E-state index contributed by atoms with van der Waals surface area (Å²) >= 11 is 0. The molecule has 10 heteroatoms. The van der Waals surface area contributed by atoms with Gasteiger partial charge in [-0.25, -0.2) is 4.57 Å². The molecular weight excluding hydrogens is 473 g/mol. The molecular formula is C25H50NO8P. The first-order valence-electron chi connectivity index (χ1n) is 13.4. The van der Waals surface area contributed by atoms with Gasteiger partial charge in [-0.2, -0.15) is 0 Å². The molecule has 9 nitrogen and oxygen atoms in total. The van der Waals surface area contributed by atoms with Gasteiger partial charge in [0.2, 0.25) is 0 Å². The van der Waals surface area contributed by atoms with E-state index >= 15 is 0 Å². The molecule has 0 fully saturated rings. The highest BCUT2D eigenvalue weighted by molar-refractivity contribution is 7.46. The number of ether oxygens (including phenoxy) is 2. The van der Waals surface area contributed by atoms with Crippen molar-refractivity contribution >= 4 is 19.8 Å². The minimum absolute atomic E-state index is 0.0474. The summed E-state index contributed by atoms with van der Waals surface area (Å²) in [5.74, 6) is -0.923. The van der Waals surface area contributed by atoms with Crippen molar-refractivity contribution in [2.45, 2.75) is 135 Å². The predicted molar refractivity (Wildman–Crippen MR) is 137 cm³/mol. The number of esters is 2. The summed E-state index contributed by atoms with van der Waals surface area (Å²) in [5.41, 5.74) is 5.76. The van der Waals surface area contributed by atoms with Crippen LogP contribution in [0.5, 0.6) is 0 Å². The number of unbranched alkanes of at least 4 members (excludes halogenated alkanes) is 14. The lowest BCUT2D eigenvalue weighted by molar-refractivity contribution is -0.158. The first-order valence-corrected chi connectivity index (χ1v) is 15.0. The quantitative estimate of drug-likeness (QED) is 0.0842. The highest BCUT2D eigenvalue weighted by Gasteiger charge is 2.22. The molecule has 0 rings (SSSR count). The summed E-state index contributed by atoms with van der Waals surface area (Å²) < 4.78 is 25.4. The smallest absolute Gasteiger partial charge is 0.462 e. The molecule has 0 aromatic rings. The molecule has 0 aliphatic rings. The molecule has 2 unspecified atom stereocenters. The number of carbonyl (C=O) groups excluding carboxylic acids is 2. The summed E-state index contributed by atoms with van der Waals surface area (Å²) in [6.07, 6.45) is 18.3. The molecule has 0 amide bonds. The van der Waals surface area contributed by atoms with Crippen LogP contribution in [0, 0.1) is 0 Å². The summed E-state index contributed by atoms with van der Waals surface area (Å²) in [7, 11) is -4.63. The van der Waals surface area contributed by atoms with Crippen LogP contribution in [0.25, 0.3) is 0 Å². The molecule has 0 bridgehead atoms. The van der Waals surface area contributed by atoms with Gasteiger partial charge in [-0.3, -0.25) is 14.1 Å². The van der Waals surface area contributed by atoms with Crippen molar-refractivity contribution in [1.82, 2.24) is 0 Å². The number of carbonyl (C=O) groups is 2. The van der Waals surface area contributed by atoms with Gasteiger partial charge >= 0.3 is 19.8 Å². The van der Waals surface area contributed by atoms with E-state index in [1.165, 1.54) is 84.0 Å². The first kappa shape index (κ1) is 34.0. The van der Waals surface area contributed by atoms with Crippen LogP contribution in [0.3, 0.4) is 0 Å².